The molecule has 38 heavy (non-hydrogen) atoms. The van der Waals surface area contributed by atoms with Crippen LogP contribution >= 0.6 is 0 Å². The minimum atomic E-state index is -0.533. The van der Waals surface area contributed by atoms with E-state index in [4.69, 9.17) is 4.99 Å². The van der Waals surface area contributed by atoms with Crippen LogP contribution in [0, 0.1) is 0 Å². The van der Waals surface area contributed by atoms with Gasteiger partial charge in [-0.1, -0.05) is 140 Å². The van der Waals surface area contributed by atoms with Crippen LogP contribution in [0.25, 0.3) is 5.57 Å². The molecule has 1 aliphatic heterocycles. The molecule has 5 aromatic rings. The van der Waals surface area contributed by atoms with E-state index in [9.17, 15) is 0 Å². The first-order valence-electron chi connectivity index (χ1n) is 13.0. The van der Waals surface area contributed by atoms with Crippen LogP contribution in [0.1, 0.15) is 27.8 Å². The minimum absolute atomic E-state index is 0.159. The number of dihydropyridines is 1. The zero-order valence-corrected chi connectivity index (χ0v) is 21.1. The average Bonchev–Trinajstić information content (AvgIpc) is 3.01. The van der Waals surface area contributed by atoms with Gasteiger partial charge in [0.05, 0.1) is 11.5 Å². The number of hydrogen-bond acceptors (Lipinski definition) is 2. The molecule has 1 atom stereocenters. The highest BCUT2D eigenvalue weighted by molar-refractivity contribution is 6.00. The topological polar surface area (TPSA) is 25.2 Å². The van der Waals surface area contributed by atoms with Crippen molar-refractivity contribution in [1.82, 2.24) is 4.98 Å². The summed E-state index contributed by atoms with van der Waals surface area (Å²) in [6, 6.07) is 46.5. The molecule has 4 aromatic carbocycles. The molecule has 0 bridgehead atoms. The van der Waals surface area contributed by atoms with Gasteiger partial charge >= 0.3 is 0 Å². The third-order valence-electron chi connectivity index (χ3n) is 7.26. The van der Waals surface area contributed by atoms with Gasteiger partial charge < -0.3 is 0 Å². The van der Waals surface area contributed by atoms with Gasteiger partial charge in [0.25, 0.3) is 0 Å². The first kappa shape index (κ1) is 23.6. The van der Waals surface area contributed by atoms with Crippen molar-refractivity contribution in [3.05, 3.63) is 191 Å². The normalized spacial score (nSPS) is 14.8. The summed E-state index contributed by atoms with van der Waals surface area (Å²) in [7, 11) is 0. The predicted octanol–water partition coefficient (Wildman–Crippen LogP) is 7.93. The van der Waals surface area contributed by atoms with E-state index in [1.54, 1.807) is 0 Å². The van der Waals surface area contributed by atoms with Crippen LogP contribution in [0.4, 0.5) is 0 Å². The highest BCUT2D eigenvalue weighted by atomic mass is 14.8. The van der Waals surface area contributed by atoms with E-state index in [0.717, 1.165) is 11.1 Å². The second-order valence-electron chi connectivity index (χ2n) is 9.43. The summed E-state index contributed by atoms with van der Waals surface area (Å²) in [4.78, 5) is 9.82. The fourth-order valence-electron chi connectivity index (χ4n) is 5.57. The maximum absolute atomic E-state index is 5.29. The average molecular weight is 489 g/mol. The number of pyridine rings is 1. The zero-order chi connectivity index (χ0) is 25.6. The molecule has 1 unspecified atom stereocenters. The van der Waals surface area contributed by atoms with E-state index in [1.807, 2.05) is 18.5 Å². The van der Waals surface area contributed by atoms with Crippen molar-refractivity contribution in [3.63, 3.8) is 0 Å². The number of benzene rings is 4. The second-order valence-corrected chi connectivity index (χ2v) is 9.43. The molecule has 0 saturated heterocycles. The van der Waals surface area contributed by atoms with Crippen LogP contribution in [0.2, 0.25) is 0 Å². The van der Waals surface area contributed by atoms with Gasteiger partial charge in [0.1, 0.15) is 0 Å². The third kappa shape index (κ3) is 4.31. The number of aliphatic imine (C=N–C) groups is 1. The Hall–Kier alpha value is -4.82. The van der Waals surface area contributed by atoms with Crippen LogP contribution in [0.3, 0.4) is 0 Å². The van der Waals surface area contributed by atoms with Gasteiger partial charge in [-0.25, -0.2) is 0 Å². The Balaban J connectivity index is 1.55. The fourth-order valence-corrected chi connectivity index (χ4v) is 5.57. The van der Waals surface area contributed by atoms with Crippen LogP contribution in [0.5, 0.6) is 0 Å². The number of allylic oxidation sites excluding steroid dienone is 2. The summed E-state index contributed by atoms with van der Waals surface area (Å²) in [6.45, 7) is 0. The van der Waals surface area contributed by atoms with Crippen molar-refractivity contribution in [2.24, 2.45) is 4.99 Å². The largest absolute Gasteiger partial charge is 0.283 e. The number of hydrogen-bond donors (Lipinski definition) is 0. The van der Waals surface area contributed by atoms with Crippen molar-refractivity contribution in [2.45, 2.75) is 11.5 Å². The first-order valence-corrected chi connectivity index (χ1v) is 13.0. The maximum Gasteiger partial charge on any atom is 0.0862 e. The lowest BCUT2D eigenvalue weighted by Crippen LogP contribution is -2.41. The van der Waals surface area contributed by atoms with Gasteiger partial charge in [-0.15, -0.1) is 0 Å². The molecule has 0 radical (unpaired) electrons. The highest BCUT2D eigenvalue weighted by Gasteiger charge is 2.43. The lowest BCUT2D eigenvalue weighted by atomic mass is 9.64. The third-order valence-corrected chi connectivity index (χ3v) is 7.26. The van der Waals surface area contributed by atoms with Crippen LogP contribution in [-0.4, -0.2) is 17.2 Å². The van der Waals surface area contributed by atoms with Gasteiger partial charge in [-0.2, -0.15) is 0 Å². The molecule has 0 N–H and O–H groups in total. The lowest BCUT2D eigenvalue weighted by molar-refractivity contribution is 0.544. The quantitative estimate of drug-likeness (QED) is 0.238. The smallest absolute Gasteiger partial charge is 0.0862 e. The molecule has 0 aliphatic carbocycles. The molecule has 0 amide bonds. The predicted molar refractivity (Wildman–Crippen MR) is 157 cm³/mol. The molecular weight excluding hydrogens is 460 g/mol. The summed E-state index contributed by atoms with van der Waals surface area (Å²) < 4.78 is 0. The van der Waals surface area contributed by atoms with Gasteiger partial charge in [-0.05, 0) is 39.5 Å². The number of rotatable bonds is 6. The summed E-state index contributed by atoms with van der Waals surface area (Å²) >= 11 is 0. The highest BCUT2D eigenvalue weighted by Crippen LogP contribution is 2.45. The van der Waals surface area contributed by atoms with E-state index >= 15 is 0 Å². The summed E-state index contributed by atoms with van der Waals surface area (Å²) in [5, 5.41) is 0. The van der Waals surface area contributed by atoms with Crippen LogP contribution in [-0.2, 0) is 5.41 Å². The Kier molecular flexibility index (Phi) is 6.61. The van der Waals surface area contributed by atoms with Crippen molar-refractivity contribution < 1.29 is 0 Å². The molecule has 1 aromatic heterocycles. The molecule has 1 aliphatic rings. The second kappa shape index (κ2) is 10.7. The Morgan fingerprint density at radius 1 is 0.553 bits per heavy atom. The molecule has 2 heteroatoms. The Morgan fingerprint density at radius 2 is 1.05 bits per heavy atom. The van der Waals surface area contributed by atoms with E-state index < -0.39 is 5.41 Å². The molecule has 2 heterocycles. The van der Waals surface area contributed by atoms with Crippen LogP contribution < -0.4 is 0 Å². The number of aromatic nitrogens is 1. The molecule has 0 spiro atoms. The molecule has 2 nitrogen and oxygen atoms in total. The summed E-state index contributed by atoms with van der Waals surface area (Å²) in [5.74, 6) is 0. The van der Waals surface area contributed by atoms with Crippen molar-refractivity contribution in [2.75, 3.05) is 0 Å². The van der Waals surface area contributed by atoms with Crippen molar-refractivity contribution >= 4 is 11.8 Å². The maximum atomic E-state index is 5.29. The Bertz CT molecular complexity index is 1420. The molecule has 0 fully saturated rings. The number of nitrogens with zero attached hydrogens (tertiary/aromatic N) is 2. The molecule has 6 rings (SSSR count). The Morgan fingerprint density at radius 3 is 1.50 bits per heavy atom. The molecule has 0 saturated carbocycles. The molecule has 182 valence electrons. The SMILES string of the molecule is C1=CC(C(c2ccccc2)(c2ccccc2)c2cccnc2)N=CC1=C(c1ccccc1)c1ccccc1. The summed E-state index contributed by atoms with van der Waals surface area (Å²) in [5.41, 5.74) is 7.57. The van der Waals surface area contributed by atoms with Gasteiger partial charge in [0, 0.05) is 24.2 Å². The first-order chi connectivity index (χ1) is 18.9. The van der Waals surface area contributed by atoms with Crippen molar-refractivity contribution in [3.8, 4) is 0 Å². The van der Waals surface area contributed by atoms with E-state index in [2.05, 4.69) is 151 Å². The lowest BCUT2D eigenvalue weighted by Gasteiger charge is -2.40. The molecular formula is C36H28N2. The van der Waals surface area contributed by atoms with E-state index in [-0.39, 0.29) is 6.04 Å². The van der Waals surface area contributed by atoms with Gasteiger partial charge in [0.15, 0.2) is 0 Å². The Labute approximate surface area is 224 Å². The standard InChI is InChI=1S/C36H28N2/c1-5-14-28(15-6-1)35(29-16-7-2-8-17-29)30-23-24-34(38-26-30)36(31-18-9-3-10-19-31,32-20-11-4-12-21-32)33-22-13-25-37-27-33/h1-27,34H. The van der Waals surface area contributed by atoms with Crippen LogP contribution in [0.15, 0.2) is 169 Å². The monoisotopic (exact) mass is 488 g/mol. The van der Waals surface area contributed by atoms with E-state index in [1.165, 1.54) is 27.8 Å². The van der Waals surface area contributed by atoms with Gasteiger partial charge in [0.2, 0.25) is 0 Å². The van der Waals surface area contributed by atoms with Crippen molar-refractivity contribution in [1.29, 1.82) is 0 Å². The van der Waals surface area contributed by atoms with E-state index in [0.29, 0.717) is 0 Å². The van der Waals surface area contributed by atoms with Gasteiger partial charge in [-0.3, -0.25) is 9.98 Å². The minimum Gasteiger partial charge on any atom is -0.283 e. The summed E-state index contributed by atoms with van der Waals surface area (Å²) in [6.07, 6.45) is 10.4. The zero-order valence-electron chi connectivity index (χ0n) is 21.1. The fraction of sp³-hybridized carbons (Fsp3) is 0.0556.